The van der Waals surface area contributed by atoms with Crippen molar-refractivity contribution in [2.75, 3.05) is 29.9 Å². The van der Waals surface area contributed by atoms with Crippen LogP contribution in [0.1, 0.15) is 57.8 Å². The van der Waals surface area contributed by atoms with E-state index in [4.69, 9.17) is 15.0 Å². The molecular weight excluding hydrogens is 564 g/mol. The Balaban J connectivity index is 1.73. The minimum absolute atomic E-state index is 0.0706. The Morgan fingerprint density at radius 3 is 2.64 bits per heavy atom. The smallest absolute Gasteiger partial charge is 0.407 e. The van der Waals surface area contributed by atoms with Crippen LogP contribution in [0.15, 0.2) is 45.5 Å². The molecule has 3 aromatic rings. The van der Waals surface area contributed by atoms with E-state index >= 15 is 0 Å². The number of ether oxygens (including phenoxy) is 1. The molecule has 0 aliphatic carbocycles. The number of aryl methyl sites for hydroxylation is 1. The lowest BCUT2D eigenvalue weighted by Gasteiger charge is -2.34. The Morgan fingerprint density at radius 2 is 1.95 bits per heavy atom. The van der Waals surface area contributed by atoms with Crippen molar-refractivity contribution < 1.29 is 14.3 Å². The summed E-state index contributed by atoms with van der Waals surface area (Å²) in [5.41, 5.74) is 0.444. The zero-order valence-corrected chi connectivity index (χ0v) is 26.1. The lowest BCUT2D eigenvalue weighted by molar-refractivity contribution is 0.0499. The number of allylic oxidation sites excluding steroid dienone is 2. The standard InChI is InChI=1S/C31H40N8O5/c1-20(2)12-16-38-25-26(35-28(38)37-15-8-11-23(18-37)34-29(42)44-31(3,4)5)36(6)30(43)39(27(25)41)19-24(40)21-9-7-10-22(17-21)33-14-13-32/h7,9-10,12,17,23,33H,8,11,14-16,18-19H2,1-6H3,(H,34,42). The molecule has 13 heteroatoms. The topological polar surface area (TPSA) is 156 Å². The molecule has 3 heterocycles. The Bertz CT molecular complexity index is 1750. The maximum atomic E-state index is 14.0. The van der Waals surface area contributed by atoms with E-state index in [9.17, 15) is 19.2 Å². The van der Waals surface area contributed by atoms with Gasteiger partial charge in [0.15, 0.2) is 16.9 Å². The highest BCUT2D eigenvalue weighted by molar-refractivity contribution is 5.96. The summed E-state index contributed by atoms with van der Waals surface area (Å²) in [4.78, 5) is 59.9. The number of rotatable bonds is 9. The van der Waals surface area contributed by atoms with Gasteiger partial charge in [0, 0.05) is 44.0 Å². The summed E-state index contributed by atoms with van der Waals surface area (Å²) in [7, 11) is 1.53. The van der Waals surface area contributed by atoms with Crippen molar-refractivity contribution in [2.24, 2.45) is 7.05 Å². The number of hydrogen-bond donors (Lipinski definition) is 2. The molecule has 0 spiro atoms. The first-order valence-electron chi connectivity index (χ1n) is 14.6. The molecule has 0 bridgehead atoms. The SMILES string of the molecule is CC(C)=CCn1c(N2CCCC(NC(=O)OC(C)(C)C)C2)nc2c1c(=O)n(CC(=O)c1cccc(NCC#N)c1)c(=O)n2C. The molecule has 4 rings (SSSR count). The number of ketones is 1. The van der Waals surface area contributed by atoms with E-state index < -0.39 is 35.3 Å². The Kier molecular flexibility index (Phi) is 9.62. The van der Waals surface area contributed by atoms with Gasteiger partial charge in [-0.05, 0) is 59.6 Å². The summed E-state index contributed by atoms with van der Waals surface area (Å²) in [6.07, 6.45) is 2.99. The molecular formula is C31H40N8O5. The number of piperidine rings is 1. The number of fused-ring (bicyclic) bond motifs is 1. The first-order chi connectivity index (χ1) is 20.8. The molecule has 13 nitrogen and oxygen atoms in total. The van der Waals surface area contributed by atoms with Gasteiger partial charge in [-0.3, -0.25) is 18.7 Å². The van der Waals surface area contributed by atoms with Gasteiger partial charge in [0.1, 0.15) is 12.1 Å². The van der Waals surface area contributed by atoms with E-state index in [0.29, 0.717) is 36.8 Å². The van der Waals surface area contributed by atoms with Crippen molar-refractivity contribution in [3.05, 3.63) is 62.3 Å². The van der Waals surface area contributed by atoms with Gasteiger partial charge < -0.3 is 24.8 Å². The minimum atomic E-state index is -0.656. The number of benzene rings is 1. The summed E-state index contributed by atoms with van der Waals surface area (Å²) in [6, 6.07) is 8.36. The Hall–Kier alpha value is -4.86. The normalized spacial score (nSPS) is 15.0. The average molecular weight is 605 g/mol. The number of nitriles is 1. The van der Waals surface area contributed by atoms with Gasteiger partial charge >= 0.3 is 11.8 Å². The molecule has 2 N–H and O–H groups in total. The van der Waals surface area contributed by atoms with Crippen LogP contribution in [0.3, 0.4) is 0 Å². The number of aromatic nitrogens is 4. The van der Waals surface area contributed by atoms with E-state index in [2.05, 4.69) is 10.6 Å². The fourth-order valence-electron chi connectivity index (χ4n) is 5.12. The van der Waals surface area contributed by atoms with Crippen LogP contribution in [-0.2, 0) is 24.9 Å². The van der Waals surface area contributed by atoms with Gasteiger partial charge in [-0.15, -0.1) is 0 Å². The van der Waals surface area contributed by atoms with E-state index in [1.54, 1.807) is 49.6 Å². The highest BCUT2D eigenvalue weighted by atomic mass is 16.6. The minimum Gasteiger partial charge on any atom is -0.444 e. The molecule has 1 amide bonds. The van der Waals surface area contributed by atoms with Crippen molar-refractivity contribution in [2.45, 2.75) is 72.2 Å². The molecule has 0 saturated carbocycles. The monoisotopic (exact) mass is 604 g/mol. The summed E-state index contributed by atoms with van der Waals surface area (Å²) in [6.45, 7) is 10.3. The second-order valence-corrected chi connectivity index (χ2v) is 12.2. The fourth-order valence-corrected chi connectivity index (χ4v) is 5.12. The van der Waals surface area contributed by atoms with Crippen LogP contribution in [0, 0.1) is 11.3 Å². The van der Waals surface area contributed by atoms with Crippen LogP contribution in [0.4, 0.5) is 16.4 Å². The molecule has 1 aromatic carbocycles. The van der Waals surface area contributed by atoms with Gasteiger partial charge in [0.25, 0.3) is 5.56 Å². The Morgan fingerprint density at radius 1 is 1.20 bits per heavy atom. The zero-order valence-electron chi connectivity index (χ0n) is 26.1. The Labute approximate surface area is 255 Å². The molecule has 44 heavy (non-hydrogen) atoms. The predicted molar refractivity (Wildman–Crippen MR) is 168 cm³/mol. The number of amides is 1. The number of hydrogen-bond acceptors (Lipinski definition) is 9. The van der Waals surface area contributed by atoms with Crippen molar-refractivity contribution in [1.82, 2.24) is 24.0 Å². The number of Topliss-reactive ketones (excluding diaryl/α,β-unsaturated/α-hetero) is 1. The zero-order chi connectivity index (χ0) is 32.2. The van der Waals surface area contributed by atoms with Crippen molar-refractivity contribution in [1.29, 1.82) is 5.26 Å². The second-order valence-electron chi connectivity index (χ2n) is 12.2. The molecule has 1 aliphatic rings. The van der Waals surface area contributed by atoms with Crippen LogP contribution in [0.25, 0.3) is 11.2 Å². The van der Waals surface area contributed by atoms with Crippen LogP contribution < -0.4 is 26.8 Å². The van der Waals surface area contributed by atoms with Gasteiger partial charge in [-0.25, -0.2) is 9.59 Å². The number of alkyl carbamates (subject to hydrolysis) is 1. The molecule has 1 saturated heterocycles. The molecule has 1 atom stereocenters. The highest BCUT2D eigenvalue weighted by Crippen LogP contribution is 2.24. The maximum Gasteiger partial charge on any atom is 0.407 e. The van der Waals surface area contributed by atoms with Gasteiger partial charge in [0.2, 0.25) is 5.95 Å². The number of carbonyl (C=O) groups is 2. The summed E-state index contributed by atoms with van der Waals surface area (Å²) < 4.78 is 9.44. The number of nitrogens with one attached hydrogen (secondary N) is 2. The highest BCUT2D eigenvalue weighted by Gasteiger charge is 2.29. The van der Waals surface area contributed by atoms with Crippen molar-refractivity contribution in [3.8, 4) is 6.07 Å². The second kappa shape index (κ2) is 13.2. The fraction of sp³-hybridized carbons (Fsp3) is 0.484. The van der Waals surface area contributed by atoms with E-state index in [-0.39, 0.29) is 23.8 Å². The number of nitrogens with zero attached hydrogens (tertiary/aromatic N) is 6. The maximum absolute atomic E-state index is 14.0. The lowest BCUT2D eigenvalue weighted by atomic mass is 10.1. The lowest BCUT2D eigenvalue weighted by Crippen LogP contribution is -2.49. The van der Waals surface area contributed by atoms with Gasteiger partial charge in [0.05, 0.1) is 12.6 Å². The molecule has 1 unspecified atom stereocenters. The quantitative estimate of drug-likeness (QED) is 0.213. The predicted octanol–water partition coefficient (Wildman–Crippen LogP) is 3.17. The van der Waals surface area contributed by atoms with Crippen molar-refractivity contribution in [3.63, 3.8) is 0 Å². The van der Waals surface area contributed by atoms with Gasteiger partial charge in [-0.2, -0.15) is 10.2 Å². The van der Waals surface area contributed by atoms with Crippen LogP contribution in [0.5, 0.6) is 0 Å². The van der Waals surface area contributed by atoms with Crippen LogP contribution >= 0.6 is 0 Å². The number of imidazole rings is 1. The van der Waals surface area contributed by atoms with Gasteiger partial charge in [-0.1, -0.05) is 23.8 Å². The first-order valence-corrected chi connectivity index (χ1v) is 14.6. The van der Waals surface area contributed by atoms with Crippen LogP contribution in [-0.4, -0.2) is 61.8 Å². The van der Waals surface area contributed by atoms with Crippen LogP contribution in [0.2, 0.25) is 0 Å². The molecule has 1 aliphatic heterocycles. The molecule has 2 aromatic heterocycles. The summed E-state index contributed by atoms with van der Waals surface area (Å²) >= 11 is 0. The molecule has 1 fully saturated rings. The largest absolute Gasteiger partial charge is 0.444 e. The third-order valence-corrected chi connectivity index (χ3v) is 7.18. The molecule has 234 valence electrons. The van der Waals surface area contributed by atoms with E-state index in [1.807, 2.05) is 30.9 Å². The number of carbonyl (C=O) groups excluding carboxylic acids is 2. The third kappa shape index (κ3) is 7.37. The van der Waals surface area contributed by atoms with E-state index in [1.165, 1.54) is 11.6 Å². The molecule has 0 radical (unpaired) electrons. The summed E-state index contributed by atoms with van der Waals surface area (Å²) in [5, 5.41) is 14.7. The van der Waals surface area contributed by atoms with E-state index in [0.717, 1.165) is 23.0 Å². The average Bonchev–Trinajstić information content (AvgIpc) is 3.35. The third-order valence-electron chi connectivity index (χ3n) is 7.18. The summed E-state index contributed by atoms with van der Waals surface area (Å²) in [5.74, 6) is 0.0764. The first kappa shape index (κ1) is 32.1. The van der Waals surface area contributed by atoms with Crippen molar-refractivity contribution >= 4 is 34.7 Å². The number of anilines is 2.